The van der Waals surface area contributed by atoms with E-state index in [-0.39, 0.29) is 12.7 Å². The van der Waals surface area contributed by atoms with E-state index < -0.39 is 0 Å². The molecule has 0 amide bonds. The number of ether oxygens (including phenoxy) is 5. The first kappa shape index (κ1) is 21.8. The number of benzene rings is 3. The minimum Gasteiger partial charge on any atom is -0.496 e. The highest BCUT2D eigenvalue weighted by Crippen LogP contribution is 2.39. The molecular weight excluding hydrogens is 406 g/mol. The second kappa shape index (κ2) is 10.3. The zero-order valence-corrected chi connectivity index (χ0v) is 18.7. The Hall–Kier alpha value is -3.38. The molecule has 0 saturated carbocycles. The SMILES string of the molecule is COc1ccc(CNCCC(c2ccc3c(c2)OCO3)c2ccccc2OC)cc1OC. The zero-order chi connectivity index (χ0) is 22.3. The van der Waals surface area contributed by atoms with Crippen molar-refractivity contribution < 1.29 is 23.7 Å². The van der Waals surface area contributed by atoms with Crippen LogP contribution < -0.4 is 29.0 Å². The predicted octanol–water partition coefficient (Wildman–Crippen LogP) is 4.75. The topological polar surface area (TPSA) is 58.2 Å². The summed E-state index contributed by atoms with van der Waals surface area (Å²) < 4.78 is 27.5. The van der Waals surface area contributed by atoms with Crippen molar-refractivity contribution in [2.75, 3.05) is 34.7 Å². The summed E-state index contributed by atoms with van der Waals surface area (Å²) >= 11 is 0. The lowest BCUT2D eigenvalue weighted by molar-refractivity contribution is 0.174. The largest absolute Gasteiger partial charge is 0.496 e. The van der Waals surface area contributed by atoms with Crippen LogP contribution in [-0.2, 0) is 6.54 Å². The van der Waals surface area contributed by atoms with E-state index in [1.165, 1.54) is 5.56 Å². The summed E-state index contributed by atoms with van der Waals surface area (Å²) in [7, 11) is 5.01. The van der Waals surface area contributed by atoms with Gasteiger partial charge in [0.05, 0.1) is 21.3 Å². The van der Waals surface area contributed by atoms with E-state index in [0.29, 0.717) is 0 Å². The van der Waals surface area contributed by atoms with Gasteiger partial charge < -0.3 is 29.0 Å². The number of hydrogen-bond donors (Lipinski definition) is 1. The molecule has 32 heavy (non-hydrogen) atoms. The van der Waals surface area contributed by atoms with Crippen LogP contribution in [0.4, 0.5) is 0 Å². The Morgan fingerprint density at radius 2 is 1.59 bits per heavy atom. The third kappa shape index (κ3) is 4.75. The smallest absolute Gasteiger partial charge is 0.231 e. The third-order valence-electron chi connectivity index (χ3n) is 5.70. The highest BCUT2D eigenvalue weighted by molar-refractivity contribution is 5.49. The maximum absolute atomic E-state index is 5.66. The molecule has 0 aromatic heterocycles. The van der Waals surface area contributed by atoms with Crippen LogP contribution >= 0.6 is 0 Å². The molecule has 0 saturated heterocycles. The molecule has 0 fully saturated rings. The van der Waals surface area contributed by atoms with Gasteiger partial charge in [0.15, 0.2) is 23.0 Å². The van der Waals surface area contributed by atoms with Gasteiger partial charge in [-0.3, -0.25) is 0 Å². The van der Waals surface area contributed by atoms with Crippen molar-refractivity contribution in [2.24, 2.45) is 0 Å². The number of methoxy groups -OCH3 is 3. The summed E-state index contributed by atoms with van der Waals surface area (Å²) in [5.74, 6) is 4.09. The Morgan fingerprint density at radius 3 is 2.41 bits per heavy atom. The molecule has 6 nitrogen and oxygen atoms in total. The van der Waals surface area contributed by atoms with E-state index >= 15 is 0 Å². The van der Waals surface area contributed by atoms with Crippen LogP contribution in [-0.4, -0.2) is 34.7 Å². The first-order valence-electron chi connectivity index (χ1n) is 10.7. The second-order valence-electron chi connectivity index (χ2n) is 7.56. The van der Waals surface area contributed by atoms with Gasteiger partial charge in [-0.1, -0.05) is 30.3 Å². The summed E-state index contributed by atoms with van der Waals surface area (Å²) in [6.07, 6.45) is 0.896. The highest BCUT2D eigenvalue weighted by atomic mass is 16.7. The molecule has 1 atom stereocenters. The molecule has 0 aliphatic carbocycles. The molecule has 168 valence electrons. The summed E-state index contributed by atoms with van der Waals surface area (Å²) in [4.78, 5) is 0. The molecule has 1 heterocycles. The first-order valence-corrected chi connectivity index (χ1v) is 10.7. The molecule has 0 radical (unpaired) electrons. The second-order valence-corrected chi connectivity index (χ2v) is 7.56. The van der Waals surface area contributed by atoms with E-state index in [9.17, 15) is 0 Å². The molecule has 4 rings (SSSR count). The molecule has 1 aliphatic heterocycles. The molecule has 6 heteroatoms. The number of fused-ring (bicyclic) bond motifs is 1. The van der Waals surface area contributed by atoms with Crippen LogP contribution in [0.1, 0.15) is 29.0 Å². The van der Waals surface area contributed by atoms with Crippen molar-refractivity contribution in [2.45, 2.75) is 18.9 Å². The zero-order valence-electron chi connectivity index (χ0n) is 18.7. The Kier molecular flexibility index (Phi) is 7.02. The monoisotopic (exact) mass is 435 g/mol. The average Bonchev–Trinajstić information content (AvgIpc) is 3.32. The van der Waals surface area contributed by atoms with E-state index in [1.54, 1.807) is 21.3 Å². The quantitative estimate of drug-likeness (QED) is 0.464. The average molecular weight is 436 g/mol. The van der Waals surface area contributed by atoms with Gasteiger partial charge in [0.25, 0.3) is 0 Å². The molecule has 3 aromatic carbocycles. The van der Waals surface area contributed by atoms with Crippen LogP contribution in [0.15, 0.2) is 60.7 Å². The van der Waals surface area contributed by atoms with Crippen molar-refractivity contribution in [3.05, 3.63) is 77.4 Å². The first-order chi connectivity index (χ1) is 15.7. The minimum absolute atomic E-state index is 0.151. The lowest BCUT2D eigenvalue weighted by Gasteiger charge is -2.21. The number of hydrogen-bond acceptors (Lipinski definition) is 6. The molecule has 3 aromatic rings. The molecule has 1 aliphatic rings. The van der Waals surface area contributed by atoms with E-state index in [2.05, 4.69) is 29.6 Å². The van der Waals surface area contributed by atoms with Gasteiger partial charge in [0.1, 0.15) is 5.75 Å². The van der Waals surface area contributed by atoms with Crippen molar-refractivity contribution in [1.29, 1.82) is 0 Å². The van der Waals surface area contributed by atoms with Crippen molar-refractivity contribution in [1.82, 2.24) is 5.32 Å². The van der Waals surface area contributed by atoms with Crippen LogP contribution in [0.2, 0.25) is 0 Å². The standard InChI is InChI=1S/C26H29NO5/c1-28-22-7-5-4-6-21(22)20(19-9-11-24-26(15-19)32-17-31-24)12-13-27-16-18-8-10-23(29-2)25(14-18)30-3/h4-11,14-15,20,27H,12-13,16-17H2,1-3H3. The summed E-state index contributed by atoms with van der Waals surface area (Å²) in [5.41, 5.74) is 3.47. The maximum atomic E-state index is 5.66. The molecule has 1 unspecified atom stereocenters. The normalized spacial score (nSPS) is 13.0. The van der Waals surface area contributed by atoms with Crippen molar-refractivity contribution in [3.63, 3.8) is 0 Å². The summed E-state index contributed by atoms with van der Waals surface area (Å²) in [5, 5.41) is 3.56. The van der Waals surface area contributed by atoms with Gasteiger partial charge in [0.2, 0.25) is 6.79 Å². The third-order valence-corrected chi connectivity index (χ3v) is 5.70. The van der Waals surface area contributed by atoms with E-state index in [4.69, 9.17) is 23.7 Å². The van der Waals surface area contributed by atoms with Crippen LogP contribution in [0.25, 0.3) is 0 Å². The number of nitrogens with one attached hydrogen (secondary N) is 1. The van der Waals surface area contributed by atoms with Crippen molar-refractivity contribution in [3.8, 4) is 28.7 Å². The maximum Gasteiger partial charge on any atom is 0.231 e. The Morgan fingerprint density at radius 1 is 0.812 bits per heavy atom. The Labute approximate surface area is 189 Å². The van der Waals surface area contributed by atoms with E-state index in [1.807, 2.05) is 36.4 Å². The van der Waals surface area contributed by atoms with Gasteiger partial charge in [0, 0.05) is 18.0 Å². The van der Waals surface area contributed by atoms with Gasteiger partial charge in [-0.05, 0) is 54.4 Å². The van der Waals surface area contributed by atoms with Crippen LogP contribution in [0.3, 0.4) is 0 Å². The summed E-state index contributed by atoms with van der Waals surface area (Å²) in [6, 6.07) is 20.3. The van der Waals surface area contributed by atoms with Gasteiger partial charge in [-0.2, -0.15) is 0 Å². The molecule has 1 N–H and O–H groups in total. The molecular formula is C26H29NO5. The summed E-state index contributed by atoms with van der Waals surface area (Å²) in [6.45, 7) is 1.83. The molecule has 0 spiro atoms. The fourth-order valence-corrected chi connectivity index (χ4v) is 4.06. The molecule has 0 bridgehead atoms. The lowest BCUT2D eigenvalue weighted by Crippen LogP contribution is -2.18. The van der Waals surface area contributed by atoms with Gasteiger partial charge >= 0.3 is 0 Å². The lowest BCUT2D eigenvalue weighted by atomic mass is 9.87. The minimum atomic E-state index is 0.151. The van der Waals surface area contributed by atoms with Crippen LogP contribution in [0, 0.1) is 0 Å². The number of para-hydroxylation sites is 1. The fraction of sp³-hybridized carbons (Fsp3) is 0.308. The fourth-order valence-electron chi connectivity index (χ4n) is 4.06. The number of rotatable bonds is 10. The van der Waals surface area contributed by atoms with E-state index in [0.717, 1.165) is 59.4 Å². The highest BCUT2D eigenvalue weighted by Gasteiger charge is 2.21. The van der Waals surface area contributed by atoms with Crippen molar-refractivity contribution >= 4 is 0 Å². The predicted molar refractivity (Wildman–Crippen MR) is 123 cm³/mol. The Bertz CT molecular complexity index is 1050. The van der Waals surface area contributed by atoms with Crippen LogP contribution in [0.5, 0.6) is 28.7 Å². The Balaban J connectivity index is 1.49. The van der Waals surface area contributed by atoms with Gasteiger partial charge in [-0.15, -0.1) is 0 Å². The van der Waals surface area contributed by atoms with Gasteiger partial charge in [-0.25, -0.2) is 0 Å².